The molecule has 144 valence electrons. The lowest BCUT2D eigenvalue weighted by molar-refractivity contribution is -0.136. The van der Waals surface area contributed by atoms with Crippen LogP contribution in [-0.2, 0) is 11.2 Å². The highest BCUT2D eigenvalue weighted by atomic mass is 35.5. The molecular formula is C20H28Cl2N2O2. The number of β-amino-alcohol motifs (C(OH)–C–C–N with tert-alkyl or cyclic N) is 1. The topological polar surface area (TPSA) is 43.8 Å². The van der Waals surface area contributed by atoms with Crippen molar-refractivity contribution in [2.75, 3.05) is 26.2 Å². The highest BCUT2D eigenvalue weighted by Gasteiger charge is 2.37. The van der Waals surface area contributed by atoms with Gasteiger partial charge in [-0.3, -0.25) is 9.69 Å². The Morgan fingerprint density at radius 2 is 2.04 bits per heavy atom. The molecule has 2 heterocycles. The van der Waals surface area contributed by atoms with Crippen molar-refractivity contribution in [2.45, 2.75) is 51.7 Å². The molecule has 0 spiro atoms. The zero-order chi connectivity index (χ0) is 18.9. The lowest BCUT2D eigenvalue weighted by Gasteiger charge is -2.45. The van der Waals surface area contributed by atoms with E-state index in [2.05, 4.69) is 18.7 Å². The van der Waals surface area contributed by atoms with Crippen LogP contribution in [0.4, 0.5) is 0 Å². The van der Waals surface area contributed by atoms with Crippen molar-refractivity contribution in [3.05, 3.63) is 33.8 Å². The highest BCUT2D eigenvalue weighted by Crippen LogP contribution is 2.35. The van der Waals surface area contributed by atoms with Crippen molar-refractivity contribution in [2.24, 2.45) is 5.41 Å². The number of aliphatic hydroxyl groups excluding tert-OH is 1. The van der Waals surface area contributed by atoms with Crippen LogP contribution in [0.1, 0.15) is 38.7 Å². The van der Waals surface area contributed by atoms with Crippen LogP contribution in [0.15, 0.2) is 18.2 Å². The molecule has 0 aliphatic carbocycles. The number of carbonyl (C=O) groups is 1. The molecule has 2 aliphatic heterocycles. The molecule has 2 saturated heterocycles. The Bertz CT molecular complexity index is 665. The second-order valence-corrected chi connectivity index (χ2v) is 9.30. The highest BCUT2D eigenvalue weighted by molar-refractivity contribution is 6.42. The van der Waals surface area contributed by atoms with Crippen LogP contribution in [0.5, 0.6) is 0 Å². The predicted octanol–water partition coefficient (Wildman–Crippen LogP) is 3.62. The Labute approximate surface area is 166 Å². The first-order valence-corrected chi connectivity index (χ1v) is 10.1. The van der Waals surface area contributed by atoms with Crippen molar-refractivity contribution < 1.29 is 9.90 Å². The largest absolute Gasteiger partial charge is 0.392 e. The van der Waals surface area contributed by atoms with E-state index in [0.29, 0.717) is 23.0 Å². The molecule has 0 aromatic heterocycles. The maximum absolute atomic E-state index is 13.0. The van der Waals surface area contributed by atoms with E-state index in [1.807, 2.05) is 11.0 Å². The van der Waals surface area contributed by atoms with Crippen LogP contribution in [0.3, 0.4) is 0 Å². The smallest absolute Gasteiger partial charge is 0.227 e. The van der Waals surface area contributed by atoms with Crippen molar-refractivity contribution in [3.63, 3.8) is 0 Å². The average Bonchev–Trinajstić information content (AvgIpc) is 2.95. The molecule has 1 amide bonds. The molecular weight excluding hydrogens is 371 g/mol. The molecule has 2 atom stereocenters. The van der Waals surface area contributed by atoms with Crippen LogP contribution < -0.4 is 0 Å². The van der Waals surface area contributed by atoms with E-state index in [1.165, 1.54) is 0 Å². The van der Waals surface area contributed by atoms with Gasteiger partial charge in [0.1, 0.15) is 0 Å². The fourth-order valence-corrected chi connectivity index (χ4v) is 4.47. The van der Waals surface area contributed by atoms with E-state index in [9.17, 15) is 9.90 Å². The monoisotopic (exact) mass is 398 g/mol. The van der Waals surface area contributed by atoms with E-state index in [4.69, 9.17) is 23.2 Å². The number of hydrogen-bond acceptors (Lipinski definition) is 3. The summed E-state index contributed by atoms with van der Waals surface area (Å²) in [4.78, 5) is 17.3. The molecule has 0 radical (unpaired) electrons. The third-order valence-electron chi connectivity index (χ3n) is 5.63. The quantitative estimate of drug-likeness (QED) is 0.841. The molecule has 1 aromatic carbocycles. The number of carbonyl (C=O) groups excluding carboxylic acids is 1. The molecule has 2 fully saturated rings. The number of piperidine rings is 1. The van der Waals surface area contributed by atoms with Gasteiger partial charge in [-0.1, -0.05) is 43.1 Å². The van der Waals surface area contributed by atoms with Crippen LogP contribution >= 0.6 is 23.2 Å². The SMILES string of the molecule is CC1(C)CCN(C(=O)Cc2ccc(Cl)c(Cl)c2)C(CN2CC[C@@H](O)C2)C1. The van der Waals surface area contributed by atoms with Crippen molar-refractivity contribution in [1.29, 1.82) is 0 Å². The van der Waals surface area contributed by atoms with Gasteiger partial charge in [0, 0.05) is 32.2 Å². The van der Waals surface area contributed by atoms with Gasteiger partial charge in [-0.2, -0.15) is 0 Å². The summed E-state index contributed by atoms with van der Waals surface area (Å²) in [6.45, 7) is 7.81. The zero-order valence-electron chi connectivity index (χ0n) is 15.5. The lowest BCUT2D eigenvalue weighted by atomic mass is 9.78. The van der Waals surface area contributed by atoms with Gasteiger partial charge in [-0.15, -0.1) is 0 Å². The van der Waals surface area contributed by atoms with E-state index >= 15 is 0 Å². The molecule has 3 rings (SSSR count). The number of halogens is 2. The molecule has 6 heteroatoms. The summed E-state index contributed by atoms with van der Waals surface area (Å²) in [6, 6.07) is 5.58. The Kier molecular flexibility index (Phi) is 6.18. The molecule has 26 heavy (non-hydrogen) atoms. The van der Waals surface area contributed by atoms with Gasteiger partial charge >= 0.3 is 0 Å². The second kappa shape index (κ2) is 8.05. The van der Waals surface area contributed by atoms with Gasteiger partial charge < -0.3 is 10.0 Å². The van der Waals surface area contributed by atoms with Gasteiger partial charge in [0.05, 0.1) is 22.6 Å². The van der Waals surface area contributed by atoms with E-state index in [1.54, 1.807) is 12.1 Å². The van der Waals surface area contributed by atoms with E-state index < -0.39 is 0 Å². The molecule has 2 aliphatic rings. The molecule has 0 bridgehead atoms. The number of amides is 1. The van der Waals surface area contributed by atoms with Crippen LogP contribution in [0.25, 0.3) is 0 Å². The number of rotatable bonds is 4. The number of benzene rings is 1. The first-order valence-electron chi connectivity index (χ1n) is 9.37. The fourth-order valence-electron chi connectivity index (χ4n) is 4.15. The van der Waals surface area contributed by atoms with Crippen molar-refractivity contribution >= 4 is 29.1 Å². The number of nitrogens with zero attached hydrogens (tertiary/aromatic N) is 2. The summed E-state index contributed by atoms with van der Waals surface area (Å²) in [7, 11) is 0. The van der Waals surface area contributed by atoms with Gasteiger partial charge in [0.15, 0.2) is 0 Å². The second-order valence-electron chi connectivity index (χ2n) is 8.49. The van der Waals surface area contributed by atoms with Crippen LogP contribution in [0, 0.1) is 5.41 Å². The maximum Gasteiger partial charge on any atom is 0.227 e. The van der Waals surface area contributed by atoms with Crippen molar-refractivity contribution in [1.82, 2.24) is 9.80 Å². The Morgan fingerprint density at radius 3 is 2.69 bits per heavy atom. The van der Waals surface area contributed by atoms with E-state index in [-0.39, 0.29) is 23.5 Å². The molecule has 1 unspecified atom stereocenters. The van der Waals surface area contributed by atoms with Gasteiger partial charge in [-0.05, 0) is 42.4 Å². The summed E-state index contributed by atoms with van der Waals surface area (Å²) in [6.07, 6.45) is 2.95. The molecule has 4 nitrogen and oxygen atoms in total. The first kappa shape index (κ1) is 19.9. The lowest BCUT2D eigenvalue weighted by Crippen LogP contribution is -2.53. The summed E-state index contributed by atoms with van der Waals surface area (Å²) in [5.74, 6) is 0.142. The van der Waals surface area contributed by atoms with Gasteiger partial charge in [0.2, 0.25) is 5.91 Å². The van der Waals surface area contributed by atoms with Gasteiger partial charge in [0.25, 0.3) is 0 Å². The predicted molar refractivity (Wildman–Crippen MR) is 106 cm³/mol. The normalized spacial score (nSPS) is 26.3. The number of likely N-dealkylation sites (tertiary alicyclic amines) is 2. The fraction of sp³-hybridized carbons (Fsp3) is 0.650. The third-order valence-corrected chi connectivity index (χ3v) is 6.37. The number of aliphatic hydroxyl groups is 1. The first-order chi connectivity index (χ1) is 12.2. The van der Waals surface area contributed by atoms with E-state index in [0.717, 1.165) is 44.5 Å². The Hall–Kier alpha value is -0.810. The van der Waals surface area contributed by atoms with Crippen molar-refractivity contribution in [3.8, 4) is 0 Å². The minimum absolute atomic E-state index is 0.142. The summed E-state index contributed by atoms with van der Waals surface area (Å²) in [5.41, 5.74) is 1.13. The minimum Gasteiger partial charge on any atom is -0.392 e. The maximum atomic E-state index is 13.0. The van der Waals surface area contributed by atoms with Crippen LogP contribution in [-0.4, -0.2) is 59.1 Å². The Balaban J connectivity index is 1.69. The molecule has 1 N–H and O–H groups in total. The molecule has 0 saturated carbocycles. The third kappa shape index (κ3) is 4.92. The summed E-state index contributed by atoms with van der Waals surface area (Å²) < 4.78 is 0. The molecule has 1 aromatic rings. The zero-order valence-corrected chi connectivity index (χ0v) is 17.1. The Morgan fingerprint density at radius 1 is 1.27 bits per heavy atom. The average molecular weight is 399 g/mol. The standard InChI is InChI=1S/C20H28Cl2N2O2/c1-20(2)6-8-24(15(11-20)12-23-7-5-16(25)13-23)19(26)10-14-3-4-17(21)18(22)9-14/h3-4,9,15-16,25H,5-8,10-13H2,1-2H3/t15?,16-/m1/s1. The van der Waals surface area contributed by atoms with Gasteiger partial charge in [-0.25, -0.2) is 0 Å². The summed E-state index contributed by atoms with van der Waals surface area (Å²) >= 11 is 12.1. The van der Waals surface area contributed by atoms with Crippen LogP contribution in [0.2, 0.25) is 10.0 Å². The number of hydrogen-bond donors (Lipinski definition) is 1. The minimum atomic E-state index is -0.230. The summed E-state index contributed by atoms with van der Waals surface area (Å²) in [5, 5.41) is 10.8.